The van der Waals surface area contributed by atoms with Crippen molar-refractivity contribution in [2.45, 2.75) is 19.9 Å². The lowest BCUT2D eigenvalue weighted by atomic mass is 9.94. The molecule has 3 heterocycles. The number of carbonyl (C=O) groups is 2. The van der Waals surface area contributed by atoms with E-state index in [1.165, 1.54) is 16.2 Å². The van der Waals surface area contributed by atoms with Crippen LogP contribution in [-0.4, -0.2) is 26.8 Å². The fourth-order valence-electron chi connectivity index (χ4n) is 4.02. The predicted molar refractivity (Wildman–Crippen MR) is 130 cm³/mol. The number of ketones is 1. The molecule has 164 valence electrons. The van der Waals surface area contributed by atoms with Gasteiger partial charge < -0.3 is 5.11 Å². The molecule has 33 heavy (non-hydrogen) atoms. The van der Waals surface area contributed by atoms with Crippen LogP contribution in [-0.2, 0) is 9.59 Å². The molecule has 6 nitrogen and oxygen atoms in total. The van der Waals surface area contributed by atoms with Gasteiger partial charge in [0.05, 0.1) is 21.8 Å². The zero-order chi connectivity index (χ0) is 23.3. The fourth-order valence-corrected chi connectivity index (χ4v) is 5.28. The van der Waals surface area contributed by atoms with Crippen LogP contribution in [0.3, 0.4) is 0 Å². The minimum atomic E-state index is -0.844. The summed E-state index contributed by atoms with van der Waals surface area (Å²) in [6, 6.07) is 13.5. The van der Waals surface area contributed by atoms with Gasteiger partial charge in [-0.25, -0.2) is 4.98 Å². The molecule has 1 saturated heterocycles. The van der Waals surface area contributed by atoms with Gasteiger partial charge in [-0.05, 0) is 61.4 Å². The molecule has 0 bridgehead atoms. The predicted octanol–water partition coefficient (Wildman–Crippen LogP) is 5.59. The Balaban J connectivity index is 1.75. The topological polar surface area (TPSA) is 83.4 Å². The van der Waals surface area contributed by atoms with Crippen molar-refractivity contribution in [1.82, 2.24) is 9.97 Å². The van der Waals surface area contributed by atoms with Crippen LogP contribution in [0.25, 0.3) is 16.0 Å². The number of benzene rings is 2. The molecule has 1 N–H and O–H groups in total. The van der Waals surface area contributed by atoms with E-state index in [0.717, 1.165) is 15.8 Å². The molecule has 1 fully saturated rings. The van der Waals surface area contributed by atoms with E-state index < -0.39 is 17.7 Å². The van der Waals surface area contributed by atoms with Crippen molar-refractivity contribution >= 4 is 55.7 Å². The van der Waals surface area contributed by atoms with Gasteiger partial charge in [-0.3, -0.25) is 19.5 Å². The monoisotopic (exact) mass is 475 g/mol. The molecule has 1 amide bonds. The largest absolute Gasteiger partial charge is 0.507 e. The van der Waals surface area contributed by atoms with Crippen LogP contribution in [0.1, 0.15) is 28.3 Å². The third kappa shape index (κ3) is 3.59. The SMILES string of the molecule is Cc1ccc(C)c(/C(O)=C2\C(=O)C(=O)N(c3nc4ccc(Cl)cc4s3)C2c2ccncc2)c1. The van der Waals surface area contributed by atoms with Gasteiger partial charge in [0.2, 0.25) is 0 Å². The molecule has 1 atom stereocenters. The van der Waals surface area contributed by atoms with Gasteiger partial charge >= 0.3 is 5.91 Å². The van der Waals surface area contributed by atoms with E-state index in [4.69, 9.17) is 11.6 Å². The van der Waals surface area contributed by atoms with E-state index in [1.807, 2.05) is 26.0 Å². The van der Waals surface area contributed by atoms with Crippen LogP contribution in [0.5, 0.6) is 0 Å². The van der Waals surface area contributed by atoms with Crippen molar-refractivity contribution in [2.24, 2.45) is 0 Å². The van der Waals surface area contributed by atoms with Gasteiger partial charge in [-0.15, -0.1) is 0 Å². The summed E-state index contributed by atoms with van der Waals surface area (Å²) in [4.78, 5) is 36.6. The van der Waals surface area contributed by atoms with Crippen molar-refractivity contribution in [2.75, 3.05) is 4.90 Å². The molecule has 8 heteroatoms. The van der Waals surface area contributed by atoms with Crippen LogP contribution in [0.4, 0.5) is 5.13 Å². The van der Waals surface area contributed by atoms with Gasteiger partial charge in [0, 0.05) is 23.0 Å². The van der Waals surface area contributed by atoms with Crippen LogP contribution < -0.4 is 4.90 Å². The lowest BCUT2D eigenvalue weighted by molar-refractivity contribution is -0.132. The number of anilines is 1. The Kier molecular flexibility index (Phi) is 5.23. The quantitative estimate of drug-likeness (QED) is 0.237. The minimum absolute atomic E-state index is 0.0252. The lowest BCUT2D eigenvalue weighted by Crippen LogP contribution is -2.29. The van der Waals surface area contributed by atoms with Crippen LogP contribution in [0.15, 0.2) is 66.5 Å². The number of aryl methyl sites for hydroxylation is 2. The van der Waals surface area contributed by atoms with Crippen LogP contribution in [0.2, 0.25) is 5.02 Å². The fraction of sp³-hybridized carbons (Fsp3) is 0.120. The maximum atomic E-state index is 13.3. The first-order chi connectivity index (χ1) is 15.8. The highest BCUT2D eigenvalue weighted by Crippen LogP contribution is 2.44. The summed E-state index contributed by atoms with van der Waals surface area (Å²) in [6.45, 7) is 3.75. The molecule has 0 aliphatic carbocycles. The molecule has 2 aromatic heterocycles. The number of pyridine rings is 1. The highest BCUT2D eigenvalue weighted by molar-refractivity contribution is 7.22. The second-order valence-electron chi connectivity index (χ2n) is 7.88. The Bertz CT molecular complexity index is 1460. The Morgan fingerprint density at radius 2 is 1.82 bits per heavy atom. The number of rotatable bonds is 3. The number of fused-ring (bicyclic) bond motifs is 1. The number of halogens is 1. The maximum absolute atomic E-state index is 13.3. The zero-order valence-corrected chi connectivity index (χ0v) is 19.3. The molecule has 1 aliphatic heterocycles. The lowest BCUT2D eigenvalue weighted by Gasteiger charge is -2.23. The first-order valence-corrected chi connectivity index (χ1v) is 11.4. The molecule has 4 aromatic rings. The maximum Gasteiger partial charge on any atom is 0.301 e. The van der Waals surface area contributed by atoms with Gasteiger partial charge in [0.15, 0.2) is 5.13 Å². The first-order valence-electron chi connectivity index (χ1n) is 10.2. The molecule has 1 aliphatic rings. The van der Waals surface area contributed by atoms with Gasteiger partial charge in [0.1, 0.15) is 5.76 Å². The Morgan fingerprint density at radius 1 is 1.06 bits per heavy atom. The highest BCUT2D eigenvalue weighted by atomic mass is 35.5. The Hall–Kier alpha value is -3.55. The summed E-state index contributed by atoms with van der Waals surface area (Å²) in [5, 5.41) is 12.2. The number of aromatic nitrogens is 2. The summed E-state index contributed by atoms with van der Waals surface area (Å²) in [7, 11) is 0. The van der Waals surface area contributed by atoms with Crippen LogP contribution >= 0.6 is 22.9 Å². The van der Waals surface area contributed by atoms with E-state index >= 15 is 0 Å². The average Bonchev–Trinajstić information content (AvgIpc) is 3.33. The van der Waals surface area contributed by atoms with E-state index in [-0.39, 0.29) is 11.3 Å². The molecule has 0 saturated carbocycles. The van der Waals surface area contributed by atoms with Crippen molar-refractivity contribution in [3.63, 3.8) is 0 Å². The molecule has 1 unspecified atom stereocenters. The molecule has 5 rings (SSSR count). The Morgan fingerprint density at radius 3 is 2.58 bits per heavy atom. The van der Waals surface area contributed by atoms with Gasteiger partial charge in [-0.1, -0.05) is 40.6 Å². The van der Waals surface area contributed by atoms with Gasteiger partial charge in [0.25, 0.3) is 5.78 Å². The molecule has 0 radical (unpaired) electrons. The molecule has 2 aromatic carbocycles. The van der Waals surface area contributed by atoms with E-state index in [9.17, 15) is 14.7 Å². The number of hydrogen-bond acceptors (Lipinski definition) is 6. The zero-order valence-electron chi connectivity index (χ0n) is 17.7. The number of aliphatic hydroxyl groups is 1. The van der Waals surface area contributed by atoms with E-state index in [2.05, 4.69) is 9.97 Å². The number of carbonyl (C=O) groups excluding carboxylic acids is 2. The second kappa shape index (κ2) is 8.10. The normalized spacial score (nSPS) is 17.8. The van der Waals surface area contributed by atoms with Crippen molar-refractivity contribution in [3.05, 3.63) is 93.8 Å². The number of aliphatic hydroxyl groups excluding tert-OH is 1. The van der Waals surface area contributed by atoms with Crippen molar-refractivity contribution < 1.29 is 14.7 Å². The number of Topliss-reactive ketones (excluding diaryl/α,β-unsaturated/α-hetero) is 1. The minimum Gasteiger partial charge on any atom is -0.507 e. The van der Waals surface area contributed by atoms with E-state index in [0.29, 0.717) is 26.8 Å². The van der Waals surface area contributed by atoms with E-state index in [1.54, 1.807) is 48.8 Å². The third-order valence-electron chi connectivity index (χ3n) is 5.66. The molecule has 0 spiro atoms. The highest BCUT2D eigenvalue weighted by Gasteiger charge is 2.48. The first kappa shape index (κ1) is 21.3. The number of thiazole rings is 1. The van der Waals surface area contributed by atoms with Crippen molar-refractivity contribution in [3.8, 4) is 0 Å². The summed E-state index contributed by atoms with van der Waals surface area (Å²) >= 11 is 7.39. The number of amides is 1. The molecular formula is C25H18ClN3O3S. The van der Waals surface area contributed by atoms with Gasteiger partial charge in [-0.2, -0.15) is 0 Å². The summed E-state index contributed by atoms with van der Waals surface area (Å²) in [5.74, 6) is -1.70. The summed E-state index contributed by atoms with van der Waals surface area (Å²) in [5.41, 5.74) is 3.59. The van der Waals surface area contributed by atoms with Crippen molar-refractivity contribution in [1.29, 1.82) is 0 Å². The molecular weight excluding hydrogens is 458 g/mol. The summed E-state index contributed by atoms with van der Waals surface area (Å²) < 4.78 is 0.794. The average molecular weight is 476 g/mol. The van der Waals surface area contributed by atoms with Crippen LogP contribution in [0, 0.1) is 13.8 Å². The Labute approximate surface area is 198 Å². The number of hydrogen-bond donors (Lipinski definition) is 1. The smallest absolute Gasteiger partial charge is 0.301 e. The number of nitrogens with zero attached hydrogens (tertiary/aromatic N) is 3. The third-order valence-corrected chi connectivity index (χ3v) is 6.91. The summed E-state index contributed by atoms with van der Waals surface area (Å²) in [6.07, 6.45) is 3.18. The standard InChI is InChI=1S/C25H18ClN3O3S/c1-13-3-4-14(2)17(11-13)22(30)20-21(15-7-9-27-10-8-15)29(24(32)23(20)31)25-28-18-6-5-16(26)12-19(18)33-25/h3-12,21,30H,1-2H3/b22-20+. The second-order valence-corrected chi connectivity index (χ2v) is 9.32.